The van der Waals surface area contributed by atoms with E-state index in [1.807, 2.05) is 18.2 Å². The highest BCUT2D eigenvalue weighted by atomic mass is 16.5. The monoisotopic (exact) mass is 406 g/mol. The SMILES string of the molecule is COc1ccc(-n2nc(C(=O)N[C@@H]3CCC[C@@H]3C(N)=O)cc2-c2ccccn2)cn1. The Morgan fingerprint density at radius 1 is 1.20 bits per heavy atom. The number of aromatic nitrogens is 4. The van der Waals surface area contributed by atoms with E-state index >= 15 is 0 Å². The van der Waals surface area contributed by atoms with Crippen LogP contribution in [0.1, 0.15) is 29.8 Å². The number of primary amides is 1. The van der Waals surface area contributed by atoms with Gasteiger partial charge in [-0.25, -0.2) is 9.67 Å². The second-order valence-corrected chi connectivity index (χ2v) is 7.12. The Morgan fingerprint density at radius 3 is 2.73 bits per heavy atom. The Kier molecular flexibility index (Phi) is 5.42. The van der Waals surface area contributed by atoms with Crippen LogP contribution in [0, 0.1) is 5.92 Å². The zero-order valence-corrected chi connectivity index (χ0v) is 16.5. The molecular formula is C21H22N6O3. The van der Waals surface area contributed by atoms with Crippen molar-refractivity contribution in [3.8, 4) is 23.0 Å². The van der Waals surface area contributed by atoms with Crippen molar-refractivity contribution in [3.63, 3.8) is 0 Å². The van der Waals surface area contributed by atoms with Gasteiger partial charge >= 0.3 is 0 Å². The molecular weight excluding hydrogens is 384 g/mol. The minimum Gasteiger partial charge on any atom is -0.481 e. The maximum atomic E-state index is 12.9. The van der Waals surface area contributed by atoms with Gasteiger partial charge in [-0.2, -0.15) is 5.10 Å². The minimum absolute atomic E-state index is 0.224. The predicted octanol–water partition coefficient (Wildman–Crippen LogP) is 1.72. The molecule has 1 saturated carbocycles. The normalized spacial score (nSPS) is 18.2. The topological polar surface area (TPSA) is 125 Å². The van der Waals surface area contributed by atoms with Gasteiger partial charge in [-0.15, -0.1) is 0 Å². The molecule has 2 amide bonds. The van der Waals surface area contributed by atoms with Crippen LogP contribution >= 0.6 is 0 Å². The van der Waals surface area contributed by atoms with Crippen LogP contribution in [0.5, 0.6) is 5.88 Å². The quantitative estimate of drug-likeness (QED) is 0.642. The van der Waals surface area contributed by atoms with Gasteiger partial charge in [0.25, 0.3) is 5.91 Å². The lowest BCUT2D eigenvalue weighted by atomic mass is 10.0. The Hall–Kier alpha value is -3.75. The third kappa shape index (κ3) is 3.86. The summed E-state index contributed by atoms with van der Waals surface area (Å²) in [6, 6.07) is 10.4. The number of ether oxygens (including phenoxy) is 1. The van der Waals surface area contributed by atoms with Crippen molar-refractivity contribution < 1.29 is 14.3 Å². The number of rotatable bonds is 6. The minimum atomic E-state index is -0.387. The first-order valence-electron chi connectivity index (χ1n) is 9.69. The second kappa shape index (κ2) is 8.32. The van der Waals surface area contributed by atoms with Gasteiger partial charge in [-0.3, -0.25) is 14.6 Å². The molecule has 0 aromatic carbocycles. The average Bonchev–Trinajstić information content (AvgIpc) is 3.42. The van der Waals surface area contributed by atoms with Gasteiger partial charge in [0.1, 0.15) is 0 Å². The van der Waals surface area contributed by atoms with Crippen LogP contribution in [-0.2, 0) is 4.79 Å². The van der Waals surface area contributed by atoms with E-state index in [1.165, 1.54) is 0 Å². The van der Waals surface area contributed by atoms with Crippen molar-refractivity contribution in [1.29, 1.82) is 0 Å². The fourth-order valence-corrected chi connectivity index (χ4v) is 3.72. The molecule has 0 unspecified atom stereocenters. The summed E-state index contributed by atoms with van der Waals surface area (Å²) in [4.78, 5) is 33.1. The van der Waals surface area contributed by atoms with E-state index in [9.17, 15) is 9.59 Å². The molecule has 154 valence electrons. The molecule has 1 aliphatic carbocycles. The van der Waals surface area contributed by atoms with Crippen molar-refractivity contribution in [2.24, 2.45) is 11.7 Å². The van der Waals surface area contributed by atoms with Crippen molar-refractivity contribution in [2.75, 3.05) is 7.11 Å². The molecule has 1 aliphatic rings. The van der Waals surface area contributed by atoms with Crippen molar-refractivity contribution in [2.45, 2.75) is 25.3 Å². The number of nitrogens with zero attached hydrogens (tertiary/aromatic N) is 4. The highest BCUT2D eigenvalue weighted by Crippen LogP contribution is 2.27. The van der Waals surface area contributed by atoms with Gasteiger partial charge in [-0.1, -0.05) is 12.5 Å². The van der Waals surface area contributed by atoms with Gasteiger partial charge in [0.15, 0.2) is 5.69 Å². The molecule has 0 bridgehead atoms. The average molecular weight is 406 g/mol. The summed E-state index contributed by atoms with van der Waals surface area (Å²) in [5.41, 5.74) is 7.66. The van der Waals surface area contributed by atoms with Crippen LogP contribution in [0.25, 0.3) is 17.1 Å². The number of carbonyl (C=O) groups excluding carboxylic acids is 2. The van der Waals surface area contributed by atoms with Gasteiger partial charge < -0.3 is 15.8 Å². The van der Waals surface area contributed by atoms with Gasteiger partial charge in [-0.05, 0) is 37.1 Å². The maximum absolute atomic E-state index is 12.9. The molecule has 9 nitrogen and oxygen atoms in total. The van der Waals surface area contributed by atoms with E-state index in [1.54, 1.807) is 42.4 Å². The van der Waals surface area contributed by atoms with Gasteiger partial charge in [0.05, 0.1) is 36.3 Å². The van der Waals surface area contributed by atoms with Gasteiger partial charge in [0.2, 0.25) is 11.8 Å². The highest BCUT2D eigenvalue weighted by Gasteiger charge is 2.33. The highest BCUT2D eigenvalue weighted by molar-refractivity contribution is 5.94. The third-order valence-corrected chi connectivity index (χ3v) is 5.24. The number of methoxy groups -OCH3 is 1. The fourth-order valence-electron chi connectivity index (χ4n) is 3.72. The number of carbonyl (C=O) groups is 2. The molecule has 2 atom stereocenters. The lowest BCUT2D eigenvalue weighted by molar-refractivity contribution is -0.122. The standard InChI is InChI=1S/C21H22N6O3/c1-30-19-9-8-13(12-24-19)27-18(16-6-2-3-10-23-16)11-17(26-27)21(29)25-15-7-4-5-14(15)20(22)28/h2-3,6,8-12,14-15H,4-5,7H2,1H3,(H2,22,28)(H,25,29)/t14-,15+/m0/s1. The number of hydrogen-bond donors (Lipinski definition) is 2. The first kappa shape index (κ1) is 19.6. The van der Waals surface area contributed by atoms with E-state index < -0.39 is 0 Å². The molecule has 3 aromatic rings. The van der Waals surface area contributed by atoms with Crippen molar-refractivity contribution >= 4 is 11.8 Å². The number of amides is 2. The summed E-state index contributed by atoms with van der Waals surface area (Å²) in [5.74, 6) is -0.619. The van der Waals surface area contributed by atoms with Gasteiger partial charge in [0, 0.05) is 18.3 Å². The molecule has 0 spiro atoms. The van der Waals surface area contributed by atoms with Crippen LogP contribution in [0.4, 0.5) is 0 Å². The summed E-state index contributed by atoms with van der Waals surface area (Å²) < 4.78 is 6.73. The molecule has 30 heavy (non-hydrogen) atoms. The molecule has 3 aromatic heterocycles. The first-order valence-corrected chi connectivity index (χ1v) is 9.69. The Bertz CT molecular complexity index is 1050. The van der Waals surface area contributed by atoms with E-state index in [2.05, 4.69) is 20.4 Å². The second-order valence-electron chi connectivity index (χ2n) is 7.12. The molecule has 4 rings (SSSR count). The van der Waals surface area contributed by atoms with E-state index in [0.29, 0.717) is 29.4 Å². The van der Waals surface area contributed by atoms with Crippen LogP contribution in [-0.4, -0.2) is 44.7 Å². The predicted molar refractivity (Wildman–Crippen MR) is 109 cm³/mol. The molecule has 1 fully saturated rings. The lowest BCUT2D eigenvalue weighted by Crippen LogP contribution is -2.42. The molecule has 3 N–H and O–H groups in total. The van der Waals surface area contributed by atoms with Crippen LogP contribution < -0.4 is 15.8 Å². The molecule has 3 heterocycles. The fraction of sp³-hybridized carbons (Fsp3) is 0.286. The van der Waals surface area contributed by atoms with Crippen molar-refractivity contribution in [1.82, 2.24) is 25.1 Å². The van der Waals surface area contributed by atoms with Crippen LogP contribution in [0.3, 0.4) is 0 Å². The number of pyridine rings is 2. The van der Waals surface area contributed by atoms with E-state index in [0.717, 1.165) is 12.8 Å². The number of hydrogen-bond acceptors (Lipinski definition) is 6. The molecule has 0 saturated heterocycles. The Labute approximate surface area is 173 Å². The summed E-state index contributed by atoms with van der Waals surface area (Å²) in [6.07, 6.45) is 5.54. The molecule has 0 aliphatic heterocycles. The summed E-state index contributed by atoms with van der Waals surface area (Å²) in [7, 11) is 1.54. The number of nitrogens with one attached hydrogen (secondary N) is 1. The smallest absolute Gasteiger partial charge is 0.272 e. The van der Waals surface area contributed by atoms with Crippen molar-refractivity contribution in [3.05, 3.63) is 54.5 Å². The molecule has 9 heteroatoms. The summed E-state index contributed by atoms with van der Waals surface area (Å²) in [6.45, 7) is 0. The Balaban J connectivity index is 1.68. The maximum Gasteiger partial charge on any atom is 0.272 e. The largest absolute Gasteiger partial charge is 0.481 e. The summed E-state index contributed by atoms with van der Waals surface area (Å²) >= 11 is 0. The van der Waals surface area contributed by atoms with Crippen LogP contribution in [0.2, 0.25) is 0 Å². The van der Waals surface area contributed by atoms with E-state index in [4.69, 9.17) is 10.5 Å². The first-order chi connectivity index (χ1) is 14.6. The summed E-state index contributed by atoms with van der Waals surface area (Å²) in [5, 5.41) is 7.41. The van der Waals surface area contributed by atoms with Crippen LogP contribution in [0.15, 0.2) is 48.8 Å². The molecule has 0 radical (unpaired) electrons. The third-order valence-electron chi connectivity index (χ3n) is 5.24. The zero-order chi connectivity index (χ0) is 21.1. The lowest BCUT2D eigenvalue weighted by Gasteiger charge is -2.17. The van der Waals surface area contributed by atoms with E-state index in [-0.39, 0.29) is 29.5 Å². The number of nitrogens with two attached hydrogens (primary N) is 1. The Morgan fingerprint density at radius 2 is 2.07 bits per heavy atom. The zero-order valence-electron chi connectivity index (χ0n) is 16.5.